The van der Waals surface area contributed by atoms with Crippen LogP contribution in [0.25, 0.3) is 6.08 Å². The number of carbonyl (C=O) groups excluding carboxylic acids is 2. The number of hydrogen-bond acceptors (Lipinski definition) is 4. The molecule has 0 bridgehead atoms. The topological polar surface area (TPSA) is 55.4 Å². The van der Waals surface area contributed by atoms with Gasteiger partial charge in [-0.3, -0.25) is 4.79 Å². The zero-order valence-corrected chi connectivity index (χ0v) is 13.6. The second kappa shape index (κ2) is 8.35. The molecule has 1 aromatic carbocycles. The summed E-state index contributed by atoms with van der Waals surface area (Å²) in [4.78, 5) is 24.1. The number of amides is 1. The van der Waals surface area contributed by atoms with Crippen LogP contribution < -0.4 is 5.32 Å². The smallest absolute Gasteiger partial charge is 0.331 e. The molecule has 4 nitrogen and oxygen atoms in total. The van der Waals surface area contributed by atoms with E-state index in [2.05, 4.69) is 5.32 Å². The van der Waals surface area contributed by atoms with Gasteiger partial charge in [-0.1, -0.05) is 12.1 Å². The van der Waals surface area contributed by atoms with Gasteiger partial charge in [-0.05, 0) is 30.5 Å². The lowest BCUT2D eigenvalue weighted by Gasteiger charge is -2.15. The van der Waals surface area contributed by atoms with Crippen molar-refractivity contribution in [1.29, 1.82) is 0 Å². The summed E-state index contributed by atoms with van der Waals surface area (Å²) in [6.45, 7) is 1.06. The maximum Gasteiger partial charge on any atom is 0.331 e. The molecule has 1 aromatic heterocycles. The number of hydrogen-bond donors (Lipinski definition) is 1. The number of esters is 1. The summed E-state index contributed by atoms with van der Waals surface area (Å²) in [5.41, 5.74) is 0.147. The molecule has 2 aromatic rings. The first-order chi connectivity index (χ1) is 11.5. The highest BCUT2D eigenvalue weighted by Gasteiger charge is 2.15. The lowest BCUT2D eigenvalue weighted by Crippen LogP contribution is -2.31. The molecular weight excluding hydrogens is 336 g/mol. The van der Waals surface area contributed by atoms with Crippen molar-refractivity contribution in [3.63, 3.8) is 0 Å². The summed E-state index contributed by atoms with van der Waals surface area (Å²) < 4.78 is 31.3. The van der Waals surface area contributed by atoms with Crippen molar-refractivity contribution < 1.29 is 23.1 Å². The number of thiophene rings is 1. The van der Waals surface area contributed by atoms with Gasteiger partial charge in [-0.2, -0.15) is 0 Å². The lowest BCUT2D eigenvalue weighted by molar-refractivity contribution is -0.144. The summed E-state index contributed by atoms with van der Waals surface area (Å²) in [6, 6.07) is 6.10. The Morgan fingerprint density at radius 2 is 2.12 bits per heavy atom. The van der Waals surface area contributed by atoms with E-state index in [1.54, 1.807) is 13.0 Å². The highest BCUT2D eigenvalue weighted by molar-refractivity contribution is 7.10. The van der Waals surface area contributed by atoms with Gasteiger partial charge in [0.2, 0.25) is 0 Å². The molecule has 1 amide bonds. The number of rotatable bonds is 6. The van der Waals surface area contributed by atoms with Gasteiger partial charge in [0.25, 0.3) is 5.91 Å². The average molecular weight is 351 g/mol. The Morgan fingerprint density at radius 3 is 2.79 bits per heavy atom. The molecule has 7 heteroatoms. The largest absolute Gasteiger partial charge is 0.452 e. The van der Waals surface area contributed by atoms with Crippen LogP contribution in [0.2, 0.25) is 0 Å². The van der Waals surface area contributed by atoms with Crippen molar-refractivity contribution in [2.75, 3.05) is 6.61 Å². The zero-order chi connectivity index (χ0) is 17.5. The Hall–Kier alpha value is -2.54. The maximum atomic E-state index is 13.6. The number of halogens is 2. The summed E-state index contributed by atoms with van der Waals surface area (Å²) >= 11 is 1.46. The molecule has 1 heterocycles. The average Bonchev–Trinajstić information content (AvgIpc) is 3.04. The van der Waals surface area contributed by atoms with Gasteiger partial charge >= 0.3 is 5.97 Å². The van der Waals surface area contributed by atoms with Gasteiger partial charge in [0, 0.05) is 22.6 Å². The Kier molecular flexibility index (Phi) is 6.20. The number of carbonyl (C=O) groups is 2. The quantitative estimate of drug-likeness (QED) is 0.641. The molecule has 0 fully saturated rings. The van der Waals surface area contributed by atoms with Crippen LogP contribution in [0.1, 0.15) is 23.4 Å². The third kappa shape index (κ3) is 5.27. The summed E-state index contributed by atoms with van der Waals surface area (Å²) in [7, 11) is 0. The van der Waals surface area contributed by atoms with Gasteiger partial charge in [-0.15, -0.1) is 11.3 Å². The van der Waals surface area contributed by atoms with Crippen LogP contribution in [0, 0.1) is 11.6 Å². The van der Waals surface area contributed by atoms with Crippen molar-refractivity contribution in [3.8, 4) is 0 Å². The third-order valence-electron chi connectivity index (χ3n) is 3.08. The van der Waals surface area contributed by atoms with E-state index in [-0.39, 0.29) is 5.56 Å². The maximum absolute atomic E-state index is 13.6. The molecule has 0 saturated carbocycles. The molecule has 0 aliphatic carbocycles. The van der Waals surface area contributed by atoms with Crippen molar-refractivity contribution in [2.24, 2.45) is 0 Å². The van der Waals surface area contributed by atoms with E-state index in [1.165, 1.54) is 23.5 Å². The second-order valence-corrected chi connectivity index (χ2v) is 5.89. The number of nitrogens with one attached hydrogen (secondary N) is 1. The fourth-order valence-electron chi connectivity index (χ4n) is 1.93. The van der Waals surface area contributed by atoms with Crippen molar-refractivity contribution >= 4 is 29.3 Å². The molecule has 0 aliphatic rings. The predicted octanol–water partition coefficient (Wildman–Crippen LogP) is 3.46. The third-order valence-corrected chi connectivity index (χ3v) is 3.92. The monoisotopic (exact) mass is 351 g/mol. The molecular formula is C17H15F2NO3S. The van der Waals surface area contributed by atoms with E-state index < -0.39 is 36.2 Å². The molecule has 0 unspecified atom stereocenters. The molecule has 0 aliphatic heterocycles. The number of ether oxygens (including phenoxy) is 1. The van der Waals surface area contributed by atoms with E-state index in [0.717, 1.165) is 17.0 Å². The first kappa shape index (κ1) is 17.8. The van der Waals surface area contributed by atoms with Crippen LogP contribution in [-0.2, 0) is 14.3 Å². The lowest BCUT2D eigenvalue weighted by atomic mass is 10.1. The van der Waals surface area contributed by atoms with Crippen molar-refractivity contribution in [1.82, 2.24) is 5.32 Å². The Bertz CT molecular complexity index is 744. The van der Waals surface area contributed by atoms with Gasteiger partial charge in [0.05, 0.1) is 6.04 Å². The van der Waals surface area contributed by atoms with Crippen LogP contribution in [-0.4, -0.2) is 18.5 Å². The second-order valence-electron chi connectivity index (χ2n) is 4.91. The van der Waals surface area contributed by atoms with E-state index in [0.29, 0.717) is 0 Å². The van der Waals surface area contributed by atoms with Crippen LogP contribution >= 0.6 is 11.3 Å². The highest BCUT2D eigenvalue weighted by Crippen LogP contribution is 2.17. The minimum atomic E-state index is -0.751. The standard InChI is InChI=1S/C17H15F2NO3S/c1-11(14-6-4-12(18)9-15(14)19)20-16(21)10-23-17(22)7-5-13-3-2-8-24-13/h2-9,11H,10H2,1H3,(H,20,21)/b7-5+/t11-/m0/s1. The van der Waals surface area contributed by atoms with Gasteiger partial charge in [0.15, 0.2) is 6.61 Å². The Labute approximate surface area is 141 Å². The molecule has 126 valence electrons. The molecule has 0 saturated heterocycles. The van der Waals surface area contributed by atoms with Crippen molar-refractivity contribution in [3.05, 3.63) is 63.9 Å². The highest BCUT2D eigenvalue weighted by atomic mass is 32.1. The zero-order valence-electron chi connectivity index (χ0n) is 12.8. The fourth-order valence-corrected chi connectivity index (χ4v) is 2.55. The van der Waals surface area contributed by atoms with Crippen LogP contribution in [0.15, 0.2) is 41.8 Å². The van der Waals surface area contributed by atoms with E-state index in [4.69, 9.17) is 4.74 Å². The Balaban J connectivity index is 1.81. The molecule has 2 rings (SSSR count). The normalized spacial score (nSPS) is 12.1. The van der Waals surface area contributed by atoms with Crippen molar-refractivity contribution in [2.45, 2.75) is 13.0 Å². The number of benzene rings is 1. The van der Waals surface area contributed by atoms with E-state index in [1.807, 2.05) is 17.5 Å². The Morgan fingerprint density at radius 1 is 1.33 bits per heavy atom. The summed E-state index contributed by atoms with van der Waals surface area (Å²) in [5.74, 6) is -2.68. The molecule has 0 spiro atoms. The summed E-state index contributed by atoms with van der Waals surface area (Å²) in [5, 5.41) is 4.35. The predicted molar refractivity (Wildman–Crippen MR) is 87.2 cm³/mol. The van der Waals surface area contributed by atoms with E-state index >= 15 is 0 Å². The molecule has 1 atom stereocenters. The van der Waals surface area contributed by atoms with E-state index in [9.17, 15) is 18.4 Å². The molecule has 0 radical (unpaired) electrons. The minimum absolute atomic E-state index is 0.147. The van der Waals surface area contributed by atoms with Crippen LogP contribution in [0.4, 0.5) is 8.78 Å². The van der Waals surface area contributed by atoms with Gasteiger partial charge in [0.1, 0.15) is 11.6 Å². The minimum Gasteiger partial charge on any atom is -0.452 e. The SMILES string of the molecule is C[C@H](NC(=O)COC(=O)/C=C/c1cccs1)c1ccc(F)cc1F. The first-order valence-corrected chi connectivity index (χ1v) is 7.96. The first-order valence-electron chi connectivity index (χ1n) is 7.08. The van der Waals surface area contributed by atoms with Crippen LogP contribution in [0.5, 0.6) is 0 Å². The van der Waals surface area contributed by atoms with Crippen LogP contribution in [0.3, 0.4) is 0 Å². The summed E-state index contributed by atoms with van der Waals surface area (Å²) in [6.07, 6.45) is 2.81. The van der Waals surface area contributed by atoms with Gasteiger partial charge < -0.3 is 10.1 Å². The van der Waals surface area contributed by atoms with Gasteiger partial charge in [-0.25, -0.2) is 13.6 Å². The molecule has 1 N–H and O–H groups in total. The fraction of sp³-hybridized carbons (Fsp3) is 0.176. The molecule has 24 heavy (non-hydrogen) atoms.